The lowest BCUT2D eigenvalue weighted by atomic mass is 9.62. The van der Waals surface area contributed by atoms with E-state index in [2.05, 4.69) is 46.8 Å². The van der Waals surface area contributed by atoms with Crippen molar-refractivity contribution in [2.45, 2.75) is 71.4 Å². The van der Waals surface area contributed by atoms with Crippen molar-refractivity contribution >= 4 is 13.1 Å². The number of hydrogen-bond acceptors (Lipinski definition) is 4. The van der Waals surface area contributed by atoms with Crippen LogP contribution in [0, 0.1) is 5.92 Å². The van der Waals surface area contributed by atoms with Crippen LogP contribution in [-0.4, -0.2) is 30.9 Å². The number of carbonyl (C=O) groups is 1. The third kappa shape index (κ3) is 4.86. The van der Waals surface area contributed by atoms with Crippen LogP contribution in [0.2, 0.25) is 5.82 Å². The molecule has 1 aromatic carbocycles. The summed E-state index contributed by atoms with van der Waals surface area (Å²) in [6, 6.07) is 10.3. The number of rotatable bonds is 7. The molecule has 25 heavy (non-hydrogen) atoms. The van der Waals surface area contributed by atoms with Gasteiger partial charge in [0.2, 0.25) is 0 Å². The van der Waals surface area contributed by atoms with E-state index in [9.17, 15) is 4.79 Å². The highest BCUT2D eigenvalue weighted by Crippen LogP contribution is 2.43. The summed E-state index contributed by atoms with van der Waals surface area (Å²) >= 11 is 0. The van der Waals surface area contributed by atoms with Crippen LogP contribution in [0.4, 0.5) is 0 Å². The van der Waals surface area contributed by atoms with E-state index in [1.54, 1.807) is 0 Å². The Morgan fingerprint density at radius 1 is 1.12 bits per heavy atom. The zero-order valence-electron chi connectivity index (χ0n) is 16.4. The van der Waals surface area contributed by atoms with E-state index in [1.165, 1.54) is 5.56 Å². The molecule has 0 saturated carbocycles. The minimum absolute atomic E-state index is 0.0767. The SMILES string of the molecule is CCOC(=O)C[C@@H](C)C(Cc1ccccc1)B1OC(C)(C)C(C)(C)O1. The van der Waals surface area contributed by atoms with Crippen molar-refractivity contribution in [1.82, 2.24) is 0 Å². The average molecular weight is 346 g/mol. The summed E-state index contributed by atoms with van der Waals surface area (Å²) < 4.78 is 17.7. The molecule has 0 N–H and O–H groups in total. The maximum atomic E-state index is 12.0. The molecule has 2 rings (SSSR count). The van der Waals surface area contributed by atoms with Gasteiger partial charge in [-0.2, -0.15) is 0 Å². The summed E-state index contributed by atoms with van der Waals surface area (Å²) in [6.45, 7) is 12.6. The molecular weight excluding hydrogens is 315 g/mol. The van der Waals surface area contributed by atoms with E-state index in [1.807, 2.05) is 25.1 Å². The van der Waals surface area contributed by atoms with Gasteiger partial charge in [-0.1, -0.05) is 37.3 Å². The van der Waals surface area contributed by atoms with Gasteiger partial charge in [-0.3, -0.25) is 4.79 Å². The van der Waals surface area contributed by atoms with Gasteiger partial charge < -0.3 is 14.0 Å². The molecule has 0 spiro atoms. The highest BCUT2D eigenvalue weighted by atomic mass is 16.7. The second-order valence-corrected chi connectivity index (χ2v) is 7.96. The molecule has 1 aliphatic heterocycles. The molecule has 1 fully saturated rings. The van der Waals surface area contributed by atoms with Gasteiger partial charge >= 0.3 is 13.1 Å². The topological polar surface area (TPSA) is 44.8 Å². The smallest absolute Gasteiger partial charge is 0.461 e. The lowest BCUT2D eigenvalue weighted by Crippen LogP contribution is -2.41. The zero-order chi connectivity index (χ0) is 18.7. The second-order valence-electron chi connectivity index (χ2n) is 7.96. The molecule has 2 atom stereocenters. The summed E-state index contributed by atoms with van der Waals surface area (Å²) in [6.07, 6.45) is 1.17. The van der Waals surface area contributed by atoms with Crippen molar-refractivity contribution in [2.75, 3.05) is 6.61 Å². The molecule has 1 aromatic rings. The summed E-state index contributed by atoms with van der Waals surface area (Å²) in [7, 11) is -0.338. The Morgan fingerprint density at radius 2 is 1.68 bits per heavy atom. The predicted octanol–water partition coefficient (Wildman–Crippen LogP) is 4.28. The van der Waals surface area contributed by atoms with Gasteiger partial charge in [-0.25, -0.2) is 0 Å². The number of ether oxygens (including phenoxy) is 1. The zero-order valence-corrected chi connectivity index (χ0v) is 16.4. The van der Waals surface area contributed by atoms with E-state index in [0.29, 0.717) is 13.0 Å². The van der Waals surface area contributed by atoms with Crippen LogP contribution in [0.1, 0.15) is 53.5 Å². The molecular formula is C20H31BO4. The van der Waals surface area contributed by atoms with Crippen molar-refractivity contribution < 1.29 is 18.8 Å². The number of benzene rings is 1. The molecule has 0 aromatic heterocycles. The Kier molecular flexibility index (Phi) is 6.33. The molecule has 138 valence electrons. The number of hydrogen-bond donors (Lipinski definition) is 0. The number of esters is 1. The standard InChI is InChI=1S/C20H31BO4/c1-7-23-18(22)13-15(2)17(14-16-11-9-8-10-12-16)21-24-19(3,4)20(5,6)25-21/h8-12,15,17H,7,13-14H2,1-6H3/t15-,17?/m1/s1. The molecule has 0 bridgehead atoms. The lowest BCUT2D eigenvalue weighted by molar-refractivity contribution is -0.144. The average Bonchev–Trinajstić information content (AvgIpc) is 2.73. The fourth-order valence-electron chi connectivity index (χ4n) is 3.15. The minimum Gasteiger partial charge on any atom is -0.466 e. The Morgan fingerprint density at radius 3 is 2.20 bits per heavy atom. The second kappa shape index (κ2) is 7.92. The maximum absolute atomic E-state index is 12.0. The van der Waals surface area contributed by atoms with E-state index in [0.717, 1.165) is 6.42 Å². The van der Waals surface area contributed by atoms with Crippen molar-refractivity contribution in [2.24, 2.45) is 5.92 Å². The van der Waals surface area contributed by atoms with Gasteiger partial charge in [0, 0.05) is 12.2 Å². The Bertz CT molecular complexity index is 554. The van der Waals surface area contributed by atoms with Crippen LogP contribution in [-0.2, 0) is 25.3 Å². The van der Waals surface area contributed by atoms with E-state index in [4.69, 9.17) is 14.0 Å². The summed E-state index contributed by atoms with van der Waals surface area (Å²) in [5.74, 6) is 0.00592. The summed E-state index contributed by atoms with van der Waals surface area (Å²) in [5, 5.41) is 0. The van der Waals surface area contributed by atoms with E-state index < -0.39 is 0 Å². The monoisotopic (exact) mass is 346 g/mol. The first kappa shape index (κ1) is 20.0. The molecule has 4 nitrogen and oxygen atoms in total. The Hall–Kier alpha value is -1.33. The summed E-state index contributed by atoms with van der Waals surface area (Å²) in [4.78, 5) is 12.0. The van der Waals surface area contributed by atoms with Crippen LogP contribution < -0.4 is 0 Å². The highest BCUT2D eigenvalue weighted by Gasteiger charge is 2.54. The van der Waals surface area contributed by atoms with Crippen molar-refractivity contribution in [1.29, 1.82) is 0 Å². The molecule has 1 aliphatic rings. The van der Waals surface area contributed by atoms with Crippen LogP contribution in [0.15, 0.2) is 30.3 Å². The first-order valence-corrected chi connectivity index (χ1v) is 9.21. The van der Waals surface area contributed by atoms with Crippen molar-refractivity contribution in [3.63, 3.8) is 0 Å². The van der Waals surface area contributed by atoms with Crippen molar-refractivity contribution in [3.8, 4) is 0 Å². The largest absolute Gasteiger partial charge is 0.466 e. The van der Waals surface area contributed by atoms with E-state index >= 15 is 0 Å². The van der Waals surface area contributed by atoms with Gasteiger partial charge in [0.15, 0.2) is 0 Å². The molecule has 0 amide bonds. The molecule has 1 heterocycles. The predicted molar refractivity (Wildman–Crippen MR) is 100 cm³/mol. The van der Waals surface area contributed by atoms with Gasteiger partial charge in [0.05, 0.1) is 17.8 Å². The van der Waals surface area contributed by atoms with Crippen LogP contribution in [0.3, 0.4) is 0 Å². The normalized spacial score (nSPS) is 21.0. The van der Waals surface area contributed by atoms with E-state index in [-0.39, 0.29) is 36.0 Å². The highest BCUT2D eigenvalue weighted by molar-refractivity contribution is 6.47. The number of carbonyl (C=O) groups excluding carboxylic acids is 1. The lowest BCUT2D eigenvalue weighted by Gasteiger charge is -2.32. The summed E-state index contributed by atoms with van der Waals surface area (Å²) in [5.41, 5.74) is 0.463. The third-order valence-electron chi connectivity index (χ3n) is 5.46. The third-order valence-corrected chi connectivity index (χ3v) is 5.46. The first-order chi connectivity index (χ1) is 11.7. The van der Waals surface area contributed by atoms with Crippen LogP contribution >= 0.6 is 0 Å². The quantitative estimate of drug-likeness (QED) is 0.546. The van der Waals surface area contributed by atoms with Crippen molar-refractivity contribution in [3.05, 3.63) is 35.9 Å². The molecule has 5 heteroatoms. The maximum Gasteiger partial charge on any atom is 0.461 e. The van der Waals surface area contributed by atoms with Crippen LogP contribution in [0.5, 0.6) is 0 Å². The Labute approximate surface area is 152 Å². The fraction of sp³-hybridized carbons (Fsp3) is 0.650. The molecule has 1 saturated heterocycles. The molecule has 1 unspecified atom stereocenters. The van der Waals surface area contributed by atoms with Gasteiger partial charge in [-0.15, -0.1) is 0 Å². The van der Waals surface area contributed by atoms with Gasteiger partial charge in [0.1, 0.15) is 0 Å². The Balaban J connectivity index is 2.19. The molecule has 0 aliphatic carbocycles. The minimum atomic E-state index is -0.379. The van der Waals surface area contributed by atoms with Gasteiger partial charge in [-0.05, 0) is 52.5 Å². The fourth-order valence-corrected chi connectivity index (χ4v) is 3.15. The van der Waals surface area contributed by atoms with Gasteiger partial charge in [0.25, 0.3) is 0 Å². The molecule has 0 radical (unpaired) electrons. The first-order valence-electron chi connectivity index (χ1n) is 9.21. The van der Waals surface area contributed by atoms with Crippen LogP contribution in [0.25, 0.3) is 0 Å².